The van der Waals surface area contributed by atoms with E-state index in [-0.39, 0.29) is 24.3 Å². The molecule has 0 spiro atoms. The van der Waals surface area contributed by atoms with Crippen LogP contribution in [0.1, 0.15) is 45.4 Å². The molecule has 2 fully saturated rings. The maximum atomic E-state index is 12.6. The molecule has 22 heavy (non-hydrogen) atoms. The molecule has 0 aromatic carbocycles. The minimum atomic E-state index is -0.707. The fraction of sp³-hybridized carbons (Fsp3) is 0.867. The monoisotopic (exact) mass is 332 g/mol. The molecule has 1 atom stereocenters. The zero-order valence-corrected chi connectivity index (χ0v) is 14.2. The van der Waals surface area contributed by atoms with E-state index >= 15 is 0 Å². The van der Waals surface area contributed by atoms with Gasteiger partial charge in [0, 0.05) is 13.1 Å². The van der Waals surface area contributed by atoms with Gasteiger partial charge in [0.1, 0.15) is 5.54 Å². The SMILES string of the molecule is CCNC(=O)NC1(C(=O)NCC2CCCNC2)CCCC1.Cl. The Bertz CT molecular complexity index is 367. The van der Waals surface area contributed by atoms with Gasteiger partial charge in [0.15, 0.2) is 0 Å². The summed E-state index contributed by atoms with van der Waals surface area (Å²) in [6.45, 7) is 5.18. The molecule has 1 aliphatic heterocycles. The molecule has 0 radical (unpaired) electrons. The minimum absolute atomic E-state index is 0. The van der Waals surface area contributed by atoms with Gasteiger partial charge >= 0.3 is 6.03 Å². The molecule has 7 heteroatoms. The van der Waals surface area contributed by atoms with E-state index in [9.17, 15) is 9.59 Å². The molecule has 1 unspecified atom stereocenters. The van der Waals surface area contributed by atoms with Crippen molar-refractivity contribution >= 4 is 24.3 Å². The van der Waals surface area contributed by atoms with Crippen molar-refractivity contribution in [2.45, 2.75) is 51.0 Å². The van der Waals surface area contributed by atoms with E-state index in [1.807, 2.05) is 6.92 Å². The van der Waals surface area contributed by atoms with E-state index in [0.29, 0.717) is 19.0 Å². The van der Waals surface area contributed by atoms with Gasteiger partial charge in [0.2, 0.25) is 5.91 Å². The molecule has 2 rings (SSSR count). The highest BCUT2D eigenvalue weighted by atomic mass is 35.5. The first-order chi connectivity index (χ1) is 10.2. The molecule has 1 aliphatic carbocycles. The van der Waals surface area contributed by atoms with Crippen molar-refractivity contribution in [2.75, 3.05) is 26.2 Å². The highest BCUT2D eigenvalue weighted by Crippen LogP contribution is 2.30. The predicted octanol–water partition coefficient (Wildman–Crippen LogP) is 1.16. The Morgan fingerprint density at radius 1 is 1.18 bits per heavy atom. The smallest absolute Gasteiger partial charge is 0.315 e. The molecule has 0 aromatic heterocycles. The van der Waals surface area contributed by atoms with Gasteiger partial charge < -0.3 is 21.3 Å². The lowest BCUT2D eigenvalue weighted by Gasteiger charge is -2.30. The van der Waals surface area contributed by atoms with Crippen LogP contribution in [0.25, 0.3) is 0 Å². The Kier molecular flexibility index (Phi) is 7.96. The third-order valence-electron chi connectivity index (χ3n) is 4.53. The van der Waals surface area contributed by atoms with Crippen molar-refractivity contribution in [3.63, 3.8) is 0 Å². The zero-order valence-electron chi connectivity index (χ0n) is 13.4. The van der Waals surface area contributed by atoms with Crippen LogP contribution in [0.2, 0.25) is 0 Å². The number of carbonyl (C=O) groups is 2. The van der Waals surface area contributed by atoms with Crippen molar-refractivity contribution in [2.24, 2.45) is 5.92 Å². The molecule has 1 saturated heterocycles. The Hall–Kier alpha value is -1.01. The van der Waals surface area contributed by atoms with E-state index in [1.165, 1.54) is 6.42 Å². The Balaban J connectivity index is 0.00000242. The van der Waals surface area contributed by atoms with Gasteiger partial charge in [-0.25, -0.2) is 4.79 Å². The summed E-state index contributed by atoms with van der Waals surface area (Å²) in [4.78, 5) is 24.4. The average Bonchev–Trinajstić information content (AvgIpc) is 2.95. The summed E-state index contributed by atoms with van der Waals surface area (Å²) in [5, 5.41) is 12.0. The summed E-state index contributed by atoms with van der Waals surface area (Å²) in [6, 6.07) is -0.242. The van der Waals surface area contributed by atoms with Gasteiger partial charge in [-0.05, 0) is 51.6 Å². The number of rotatable bonds is 5. The van der Waals surface area contributed by atoms with Crippen LogP contribution < -0.4 is 21.3 Å². The van der Waals surface area contributed by atoms with Gasteiger partial charge in [-0.2, -0.15) is 0 Å². The molecule has 128 valence electrons. The van der Waals surface area contributed by atoms with E-state index < -0.39 is 5.54 Å². The Morgan fingerprint density at radius 2 is 1.91 bits per heavy atom. The van der Waals surface area contributed by atoms with Crippen LogP contribution in [-0.4, -0.2) is 43.7 Å². The molecule has 0 aromatic rings. The third kappa shape index (κ3) is 5.02. The molecule has 6 nitrogen and oxygen atoms in total. The third-order valence-corrected chi connectivity index (χ3v) is 4.53. The number of hydrogen-bond acceptors (Lipinski definition) is 3. The van der Waals surface area contributed by atoms with Crippen LogP contribution in [0.3, 0.4) is 0 Å². The normalized spacial score (nSPS) is 23.2. The van der Waals surface area contributed by atoms with Crippen LogP contribution in [0.5, 0.6) is 0 Å². The van der Waals surface area contributed by atoms with Crippen molar-refractivity contribution in [1.82, 2.24) is 21.3 Å². The second-order valence-corrected chi connectivity index (χ2v) is 6.20. The molecule has 0 bridgehead atoms. The summed E-state index contributed by atoms with van der Waals surface area (Å²) >= 11 is 0. The highest BCUT2D eigenvalue weighted by molar-refractivity contribution is 5.91. The number of amides is 3. The first kappa shape index (κ1) is 19.0. The van der Waals surface area contributed by atoms with E-state index in [1.54, 1.807) is 0 Å². The van der Waals surface area contributed by atoms with Crippen molar-refractivity contribution in [3.8, 4) is 0 Å². The Morgan fingerprint density at radius 3 is 2.50 bits per heavy atom. The Labute approximate surface area is 139 Å². The standard InChI is InChI=1S/C15H28N4O2.ClH/c1-2-17-14(21)19-15(7-3-4-8-15)13(20)18-11-12-6-5-9-16-10-12;/h12,16H,2-11H2,1H3,(H,18,20)(H2,17,19,21);1H. The van der Waals surface area contributed by atoms with Crippen LogP contribution in [0.4, 0.5) is 4.79 Å². The number of nitrogens with one attached hydrogen (secondary N) is 4. The molecular formula is C15H29ClN4O2. The lowest BCUT2D eigenvalue weighted by atomic mass is 9.95. The summed E-state index contributed by atoms with van der Waals surface area (Å²) in [6.07, 6.45) is 5.78. The maximum Gasteiger partial charge on any atom is 0.315 e. The first-order valence-corrected chi connectivity index (χ1v) is 8.21. The summed E-state index contributed by atoms with van der Waals surface area (Å²) in [5.41, 5.74) is -0.707. The average molecular weight is 333 g/mol. The van der Waals surface area contributed by atoms with Gasteiger partial charge in [-0.15, -0.1) is 12.4 Å². The van der Waals surface area contributed by atoms with Crippen LogP contribution >= 0.6 is 12.4 Å². The lowest BCUT2D eigenvalue weighted by molar-refractivity contribution is -0.127. The van der Waals surface area contributed by atoms with Gasteiger partial charge in [-0.3, -0.25) is 4.79 Å². The number of urea groups is 1. The van der Waals surface area contributed by atoms with E-state index in [0.717, 1.165) is 45.2 Å². The van der Waals surface area contributed by atoms with E-state index in [2.05, 4.69) is 21.3 Å². The first-order valence-electron chi connectivity index (χ1n) is 8.21. The summed E-state index contributed by atoms with van der Waals surface area (Å²) in [5.74, 6) is 0.488. The van der Waals surface area contributed by atoms with Crippen molar-refractivity contribution < 1.29 is 9.59 Å². The second kappa shape index (κ2) is 9.20. The largest absolute Gasteiger partial charge is 0.354 e. The number of halogens is 1. The number of hydrogen-bond donors (Lipinski definition) is 4. The molecule has 1 heterocycles. The summed E-state index contributed by atoms with van der Waals surface area (Å²) in [7, 11) is 0. The fourth-order valence-corrected chi connectivity index (χ4v) is 3.31. The van der Waals surface area contributed by atoms with Gasteiger partial charge in [0.05, 0.1) is 0 Å². The van der Waals surface area contributed by atoms with Gasteiger partial charge in [-0.1, -0.05) is 12.8 Å². The van der Waals surface area contributed by atoms with Crippen LogP contribution in [0.15, 0.2) is 0 Å². The van der Waals surface area contributed by atoms with Crippen molar-refractivity contribution in [3.05, 3.63) is 0 Å². The molecule has 3 amide bonds. The second-order valence-electron chi connectivity index (χ2n) is 6.20. The topological polar surface area (TPSA) is 82.3 Å². The van der Waals surface area contributed by atoms with E-state index in [4.69, 9.17) is 0 Å². The molecule has 2 aliphatic rings. The summed E-state index contributed by atoms with van der Waals surface area (Å²) < 4.78 is 0. The molecular weight excluding hydrogens is 304 g/mol. The van der Waals surface area contributed by atoms with Crippen molar-refractivity contribution in [1.29, 1.82) is 0 Å². The number of carbonyl (C=O) groups excluding carboxylic acids is 2. The fourth-order valence-electron chi connectivity index (χ4n) is 3.31. The minimum Gasteiger partial charge on any atom is -0.354 e. The maximum absolute atomic E-state index is 12.6. The van der Waals surface area contributed by atoms with Gasteiger partial charge in [0.25, 0.3) is 0 Å². The molecule has 4 N–H and O–H groups in total. The highest BCUT2D eigenvalue weighted by Gasteiger charge is 2.42. The van der Waals surface area contributed by atoms with Crippen LogP contribution in [-0.2, 0) is 4.79 Å². The zero-order chi connectivity index (χ0) is 15.1. The number of piperidine rings is 1. The molecule has 1 saturated carbocycles. The lowest BCUT2D eigenvalue weighted by Crippen LogP contribution is -2.59. The van der Waals surface area contributed by atoms with Crippen LogP contribution in [0, 0.1) is 5.92 Å². The quantitative estimate of drug-likeness (QED) is 0.609. The predicted molar refractivity (Wildman–Crippen MR) is 89.3 cm³/mol.